The van der Waals surface area contributed by atoms with Crippen molar-refractivity contribution >= 4 is 23.3 Å². The van der Waals surface area contributed by atoms with Crippen LogP contribution in [-0.2, 0) is 0 Å². The van der Waals surface area contributed by atoms with E-state index in [0.717, 1.165) is 4.90 Å². The first-order chi connectivity index (χ1) is 10.2. The number of aromatic nitrogens is 2. The predicted octanol–water partition coefficient (Wildman–Crippen LogP) is 3.33. The van der Waals surface area contributed by atoms with E-state index in [1.165, 1.54) is 6.33 Å². The van der Waals surface area contributed by atoms with Crippen LogP contribution in [-0.4, -0.2) is 27.7 Å². The number of hydrogen-bond donors (Lipinski definition) is 1. The largest absolute Gasteiger partial charge is 0.434 e. The van der Waals surface area contributed by atoms with Gasteiger partial charge in [0.2, 0.25) is 5.82 Å². The van der Waals surface area contributed by atoms with Crippen molar-refractivity contribution in [3.05, 3.63) is 40.7 Å². The van der Waals surface area contributed by atoms with Crippen molar-refractivity contribution in [2.75, 3.05) is 18.1 Å². The van der Waals surface area contributed by atoms with Gasteiger partial charge in [-0.3, -0.25) is 10.1 Å². The normalized spacial score (nSPS) is 10.2. The fourth-order valence-electron chi connectivity index (χ4n) is 1.65. The molecule has 0 saturated heterocycles. The van der Waals surface area contributed by atoms with E-state index < -0.39 is 4.92 Å². The van der Waals surface area contributed by atoms with Crippen LogP contribution in [0.15, 0.2) is 35.5 Å². The zero-order valence-corrected chi connectivity index (χ0v) is 12.4. The van der Waals surface area contributed by atoms with Gasteiger partial charge in [0, 0.05) is 11.4 Å². The fraction of sp³-hybridized carbons (Fsp3) is 0.231. The topological polar surface area (TPSA) is 90.2 Å². The van der Waals surface area contributed by atoms with Crippen molar-refractivity contribution in [1.82, 2.24) is 9.97 Å². The molecular formula is C13H14N4O3S. The predicted molar refractivity (Wildman–Crippen MR) is 81.1 cm³/mol. The molecule has 2 rings (SSSR count). The Balaban J connectivity index is 2.33. The van der Waals surface area contributed by atoms with Gasteiger partial charge in [-0.25, -0.2) is 4.98 Å². The molecule has 0 saturated carbocycles. The van der Waals surface area contributed by atoms with Crippen molar-refractivity contribution in [3.8, 4) is 11.6 Å². The van der Waals surface area contributed by atoms with E-state index in [1.54, 1.807) is 23.9 Å². The molecule has 7 nitrogen and oxygen atoms in total. The lowest BCUT2D eigenvalue weighted by Crippen LogP contribution is -2.06. The Morgan fingerprint density at radius 1 is 1.33 bits per heavy atom. The van der Waals surface area contributed by atoms with Gasteiger partial charge in [-0.1, -0.05) is 0 Å². The summed E-state index contributed by atoms with van der Waals surface area (Å²) in [6.45, 7) is 2.34. The molecule has 0 spiro atoms. The molecular weight excluding hydrogens is 292 g/mol. The monoisotopic (exact) mass is 306 g/mol. The molecule has 21 heavy (non-hydrogen) atoms. The summed E-state index contributed by atoms with van der Waals surface area (Å²) in [7, 11) is 0. The quantitative estimate of drug-likeness (QED) is 0.497. The van der Waals surface area contributed by atoms with Gasteiger partial charge < -0.3 is 10.1 Å². The minimum absolute atomic E-state index is 0.0807. The van der Waals surface area contributed by atoms with Crippen molar-refractivity contribution in [2.45, 2.75) is 11.8 Å². The summed E-state index contributed by atoms with van der Waals surface area (Å²) in [6.07, 6.45) is 3.20. The summed E-state index contributed by atoms with van der Waals surface area (Å²) in [5.74, 6) is 0.549. The third-order valence-corrected chi connectivity index (χ3v) is 3.33. The smallest absolute Gasteiger partial charge is 0.373 e. The van der Waals surface area contributed by atoms with E-state index in [1.807, 2.05) is 25.3 Å². The summed E-state index contributed by atoms with van der Waals surface area (Å²) in [5.41, 5.74) is -0.270. The minimum atomic E-state index is -0.552. The van der Waals surface area contributed by atoms with E-state index in [-0.39, 0.29) is 17.4 Å². The van der Waals surface area contributed by atoms with E-state index >= 15 is 0 Å². The zero-order valence-electron chi connectivity index (χ0n) is 11.6. The van der Waals surface area contributed by atoms with Gasteiger partial charge in [-0.15, -0.1) is 11.8 Å². The number of anilines is 1. The highest BCUT2D eigenvalue weighted by Crippen LogP contribution is 2.34. The lowest BCUT2D eigenvalue weighted by molar-refractivity contribution is -0.385. The Kier molecular flexibility index (Phi) is 4.94. The number of hydrogen-bond acceptors (Lipinski definition) is 7. The summed E-state index contributed by atoms with van der Waals surface area (Å²) < 4.78 is 5.52. The Labute approximate surface area is 125 Å². The molecule has 0 atom stereocenters. The van der Waals surface area contributed by atoms with Gasteiger partial charge in [-0.2, -0.15) is 4.98 Å². The van der Waals surface area contributed by atoms with Gasteiger partial charge in [0.1, 0.15) is 12.1 Å². The zero-order chi connectivity index (χ0) is 15.2. The molecule has 1 N–H and O–H groups in total. The number of rotatable bonds is 6. The van der Waals surface area contributed by atoms with E-state index in [9.17, 15) is 10.1 Å². The molecule has 0 aliphatic rings. The van der Waals surface area contributed by atoms with Crippen LogP contribution in [0.5, 0.6) is 11.6 Å². The molecule has 0 aliphatic carbocycles. The summed E-state index contributed by atoms with van der Waals surface area (Å²) in [6, 6.07) is 7.23. The number of thioether (sulfide) groups is 1. The summed E-state index contributed by atoms with van der Waals surface area (Å²) in [5, 5.41) is 14.0. The molecule has 0 amide bonds. The van der Waals surface area contributed by atoms with Crippen LogP contribution in [0.4, 0.5) is 11.5 Å². The van der Waals surface area contributed by atoms with Crippen LogP contribution in [0, 0.1) is 10.1 Å². The Bertz CT molecular complexity index is 634. The van der Waals surface area contributed by atoms with Crippen molar-refractivity contribution in [1.29, 1.82) is 0 Å². The van der Waals surface area contributed by atoms with E-state index in [4.69, 9.17) is 4.74 Å². The van der Waals surface area contributed by atoms with E-state index in [2.05, 4.69) is 15.3 Å². The van der Waals surface area contributed by atoms with Gasteiger partial charge >= 0.3 is 11.6 Å². The second kappa shape index (κ2) is 6.89. The highest BCUT2D eigenvalue weighted by molar-refractivity contribution is 7.98. The van der Waals surface area contributed by atoms with Crippen LogP contribution in [0.25, 0.3) is 0 Å². The summed E-state index contributed by atoms with van der Waals surface area (Å²) >= 11 is 1.60. The maximum Gasteiger partial charge on any atom is 0.373 e. The first-order valence-electron chi connectivity index (χ1n) is 6.21. The first kappa shape index (κ1) is 15.0. The molecule has 0 radical (unpaired) electrons. The highest BCUT2D eigenvalue weighted by Gasteiger charge is 2.24. The van der Waals surface area contributed by atoms with Crippen molar-refractivity contribution in [2.24, 2.45) is 0 Å². The van der Waals surface area contributed by atoms with Gasteiger partial charge in [0.15, 0.2) is 0 Å². The molecule has 0 fully saturated rings. The molecule has 0 bridgehead atoms. The number of nitro groups is 1. The molecule has 0 aliphatic heterocycles. The number of ether oxygens (including phenoxy) is 1. The van der Waals surface area contributed by atoms with Gasteiger partial charge in [-0.05, 0) is 37.4 Å². The fourth-order valence-corrected chi connectivity index (χ4v) is 2.06. The highest BCUT2D eigenvalue weighted by atomic mass is 32.2. The number of nitrogens with zero attached hydrogens (tertiary/aromatic N) is 3. The number of nitrogens with one attached hydrogen (secondary N) is 1. The van der Waals surface area contributed by atoms with Gasteiger partial charge in [0.25, 0.3) is 0 Å². The third-order valence-electron chi connectivity index (χ3n) is 2.59. The minimum Gasteiger partial charge on any atom is -0.434 e. The third kappa shape index (κ3) is 3.60. The van der Waals surface area contributed by atoms with Crippen LogP contribution in [0.3, 0.4) is 0 Å². The van der Waals surface area contributed by atoms with Crippen LogP contribution >= 0.6 is 11.8 Å². The standard InChI is InChI=1S/C13H14N4O3S/c1-3-14-12-11(17(18)19)13(16-8-15-12)20-9-4-6-10(21-2)7-5-9/h4-8H,3H2,1-2H3,(H,14,15,16). The Morgan fingerprint density at radius 3 is 2.62 bits per heavy atom. The summed E-state index contributed by atoms with van der Waals surface area (Å²) in [4.78, 5) is 19.5. The van der Waals surface area contributed by atoms with Crippen molar-refractivity contribution in [3.63, 3.8) is 0 Å². The van der Waals surface area contributed by atoms with Crippen LogP contribution < -0.4 is 10.1 Å². The molecule has 0 unspecified atom stereocenters. The lowest BCUT2D eigenvalue weighted by Gasteiger charge is -2.08. The van der Waals surface area contributed by atoms with Crippen LogP contribution in [0.2, 0.25) is 0 Å². The average molecular weight is 306 g/mol. The van der Waals surface area contributed by atoms with E-state index in [0.29, 0.717) is 12.3 Å². The second-order valence-electron chi connectivity index (χ2n) is 3.94. The first-order valence-corrected chi connectivity index (χ1v) is 7.43. The Hall–Kier alpha value is -2.35. The number of benzene rings is 1. The molecule has 2 aromatic rings. The molecule has 1 aromatic carbocycles. The molecule has 1 heterocycles. The Morgan fingerprint density at radius 2 is 2.05 bits per heavy atom. The molecule has 8 heteroatoms. The molecule has 1 aromatic heterocycles. The van der Waals surface area contributed by atoms with Gasteiger partial charge in [0.05, 0.1) is 4.92 Å². The average Bonchev–Trinajstić information content (AvgIpc) is 2.48. The lowest BCUT2D eigenvalue weighted by atomic mass is 10.3. The molecule has 110 valence electrons. The van der Waals surface area contributed by atoms with Crippen molar-refractivity contribution < 1.29 is 9.66 Å². The maximum atomic E-state index is 11.2. The second-order valence-corrected chi connectivity index (χ2v) is 4.82. The SMILES string of the molecule is CCNc1ncnc(Oc2ccc(SC)cc2)c1[N+](=O)[O-]. The maximum absolute atomic E-state index is 11.2. The van der Waals surface area contributed by atoms with Crippen LogP contribution in [0.1, 0.15) is 6.92 Å².